The first-order valence-corrected chi connectivity index (χ1v) is 16.6. The van der Waals surface area contributed by atoms with Crippen molar-refractivity contribution in [3.8, 4) is 11.5 Å². The molecule has 0 aliphatic carbocycles. The fourth-order valence-electron chi connectivity index (χ4n) is 4.11. The van der Waals surface area contributed by atoms with Crippen molar-refractivity contribution in [1.82, 2.24) is 9.55 Å². The molecular formula is C38H40ClFN2O2S2. The van der Waals surface area contributed by atoms with Gasteiger partial charge in [0.25, 0.3) is 0 Å². The van der Waals surface area contributed by atoms with Gasteiger partial charge in [-0.15, -0.1) is 22.7 Å². The zero-order valence-electron chi connectivity index (χ0n) is 27.3. The summed E-state index contributed by atoms with van der Waals surface area (Å²) < 4.78 is 25.8. The van der Waals surface area contributed by atoms with E-state index in [2.05, 4.69) is 83.6 Å². The van der Waals surface area contributed by atoms with Crippen LogP contribution in [0.15, 0.2) is 115 Å². The Hall–Kier alpha value is -4.17. The Morgan fingerprint density at radius 2 is 1.39 bits per heavy atom. The van der Waals surface area contributed by atoms with Crippen molar-refractivity contribution in [2.24, 2.45) is 7.05 Å². The molecule has 0 amide bonds. The number of aromatic nitrogens is 2. The van der Waals surface area contributed by atoms with Crippen LogP contribution in [0.25, 0.3) is 21.1 Å². The number of aryl methyl sites for hydroxylation is 5. The number of methoxy groups -OCH3 is 2. The zero-order valence-corrected chi connectivity index (χ0v) is 29.6. The Kier molecular flexibility index (Phi) is 14.8. The average Bonchev–Trinajstić information content (AvgIpc) is 3.78. The molecule has 0 saturated carbocycles. The van der Waals surface area contributed by atoms with E-state index in [9.17, 15) is 4.39 Å². The minimum Gasteiger partial charge on any atom is -0.495 e. The van der Waals surface area contributed by atoms with Gasteiger partial charge in [0.15, 0.2) is 11.6 Å². The molecule has 0 bridgehead atoms. The summed E-state index contributed by atoms with van der Waals surface area (Å²) in [5, 5.41) is 5.20. The van der Waals surface area contributed by atoms with Gasteiger partial charge in [-0.05, 0) is 104 Å². The molecule has 8 heteroatoms. The highest BCUT2D eigenvalue weighted by Crippen LogP contribution is 2.24. The number of hydrogen-bond donors (Lipinski definition) is 0. The summed E-state index contributed by atoms with van der Waals surface area (Å²) in [6, 6.07) is 33.4. The molecule has 240 valence electrons. The summed E-state index contributed by atoms with van der Waals surface area (Å²) in [5.74, 6) is 0.723. The maximum absolute atomic E-state index is 12.7. The summed E-state index contributed by atoms with van der Waals surface area (Å²) >= 11 is 9.32. The van der Waals surface area contributed by atoms with Gasteiger partial charge in [0, 0.05) is 23.6 Å². The maximum Gasteiger partial charge on any atom is 0.165 e. The second kappa shape index (κ2) is 18.7. The summed E-state index contributed by atoms with van der Waals surface area (Å²) in [4.78, 5) is 5.72. The second-order valence-corrected chi connectivity index (χ2v) is 13.0. The molecule has 0 atom stereocenters. The molecular weight excluding hydrogens is 635 g/mol. The van der Waals surface area contributed by atoms with Crippen LogP contribution in [0.5, 0.6) is 11.5 Å². The highest BCUT2D eigenvalue weighted by molar-refractivity contribution is 7.18. The lowest BCUT2D eigenvalue weighted by Crippen LogP contribution is -1.87. The van der Waals surface area contributed by atoms with Crippen LogP contribution in [-0.4, -0.2) is 23.8 Å². The first kappa shape index (κ1) is 36.3. The monoisotopic (exact) mass is 674 g/mol. The van der Waals surface area contributed by atoms with E-state index in [1.807, 2.05) is 63.2 Å². The minimum atomic E-state index is -0.303. The van der Waals surface area contributed by atoms with E-state index in [4.69, 9.17) is 21.1 Å². The van der Waals surface area contributed by atoms with Crippen molar-refractivity contribution >= 4 is 55.4 Å². The number of hydrogen-bond acceptors (Lipinski definition) is 5. The van der Waals surface area contributed by atoms with E-state index in [0.29, 0.717) is 10.8 Å². The first-order chi connectivity index (χ1) is 22.1. The van der Waals surface area contributed by atoms with E-state index in [-0.39, 0.29) is 5.82 Å². The van der Waals surface area contributed by atoms with Gasteiger partial charge in [0.05, 0.1) is 34.5 Å². The number of halogens is 2. The fourth-order valence-corrected chi connectivity index (χ4v) is 5.78. The van der Waals surface area contributed by atoms with Crippen molar-refractivity contribution in [3.63, 3.8) is 0 Å². The third-order valence-electron chi connectivity index (χ3n) is 6.47. The Bertz CT molecular complexity index is 1820. The normalized spacial score (nSPS) is 9.85. The molecule has 3 heterocycles. The van der Waals surface area contributed by atoms with E-state index >= 15 is 0 Å². The third kappa shape index (κ3) is 11.6. The summed E-state index contributed by atoms with van der Waals surface area (Å²) in [5.41, 5.74) is 4.46. The number of benzene rings is 4. The summed E-state index contributed by atoms with van der Waals surface area (Å²) in [6.07, 6.45) is 2.07. The number of ether oxygens (including phenoxy) is 2. The summed E-state index contributed by atoms with van der Waals surface area (Å²) in [6.45, 7) is 7.96. The van der Waals surface area contributed by atoms with Crippen LogP contribution < -0.4 is 9.47 Å². The average molecular weight is 675 g/mol. The zero-order chi connectivity index (χ0) is 33.5. The molecule has 0 spiro atoms. The van der Waals surface area contributed by atoms with Crippen LogP contribution in [0.4, 0.5) is 4.39 Å². The molecule has 46 heavy (non-hydrogen) atoms. The van der Waals surface area contributed by atoms with E-state index in [1.54, 1.807) is 35.8 Å². The predicted molar refractivity (Wildman–Crippen MR) is 197 cm³/mol. The molecule has 0 unspecified atom stereocenters. The molecule has 0 N–H and O–H groups in total. The molecule has 0 saturated heterocycles. The lowest BCUT2D eigenvalue weighted by molar-refractivity contribution is 0.386. The molecule has 0 aliphatic rings. The van der Waals surface area contributed by atoms with Gasteiger partial charge >= 0.3 is 0 Å². The van der Waals surface area contributed by atoms with E-state index in [0.717, 1.165) is 27.4 Å². The van der Waals surface area contributed by atoms with E-state index in [1.165, 1.54) is 33.7 Å². The van der Waals surface area contributed by atoms with Crippen molar-refractivity contribution in [2.45, 2.75) is 27.7 Å². The number of fused-ring (bicyclic) bond motifs is 2. The molecule has 0 radical (unpaired) electrons. The Labute approximate surface area is 284 Å². The van der Waals surface area contributed by atoms with Crippen LogP contribution in [0, 0.1) is 33.5 Å². The number of nitrogens with zero attached hydrogens (tertiary/aromatic N) is 2. The highest BCUT2D eigenvalue weighted by atomic mass is 35.5. The van der Waals surface area contributed by atoms with Crippen LogP contribution in [0.3, 0.4) is 0 Å². The van der Waals surface area contributed by atoms with Gasteiger partial charge in [-0.25, -0.2) is 9.37 Å². The molecule has 0 aliphatic heterocycles. The second-order valence-electron chi connectivity index (χ2n) is 10.2. The topological polar surface area (TPSA) is 36.3 Å². The molecule has 4 nitrogen and oxygen atoms in total. The Morgan fingerprint density at radius 1 is 0.739 bits per heavy atom. The van der Waals surface area contributed by atoms with Crippen LogP contribution in [-0.2, 0) is 7.05 Å². The third-order valence-corrected chi connectivity index (χ3v) is 8.52. The molecule has 7 aromatic rings. The molecule has 7 rings (SSSR count). The predicted octanol–water partition coefficient (Wildman–Crippen LogP) is 11.6. The van der Waals surface area contributed by atoms with Gasteiger partial charge in [-0.3, -0.25) is 0 Å². The number of thiophene rings is 1. The van der Waals surface area contributed by atoms with E-state index < -0.39 is 0 Å². The molecule has 3 aromatic heterocycles. The summed E-state index contributed by atoms with van der Waals surface area (Å²) in [7, 11) is 5.12. The standard InChI is InChI=1S/C9H9N.C8H9ClO.C8H9FO.C8H7NS.C5H6S/c1-10-7-6-8-4-2-3-5-9(8)10;2*1-6-3-4-8(10-2)7(9)5-6;1-6-9-7-4-2-3-5-8(7)10-6;1-5-3-2-4-6-5/h2-7H,1H3;2*3-5H,1-2H3;2-5H,1H3;2-4H,1H3. The maximum atomic E-state index is 12.7. The Morgan fingerprint density at radius 3 is 1.96 bits per heavy atom. The van der Waals surface area contributed by atoms with Gasteiger partial charge in [0.2, 0.25) is 0 Å². The first-order valence-electron chi connectivity index (χ1n) is 14.5. The van der Waals surface area contributed by atoms with Gasteiger partial charge in [-0.1, -0.05) is 60.1 Å². The van der Waals surface area contributed by atoms with Crippen LogP contribution >= 0.6 is 34.3 Å². The SMILES string of the molecule is COc1ccc(C)cc1Cl.COc1ccc(C)cc1F.Cc1cccs1.Cc1nc2ccccc2s1.Cn1ccc2ccccc21. The number of para-hydroxylation sites is 2. The minimum absolute atomic E-state index is 0.297. The van der Waals surface area contributed by atoms with Crippen molar-refractivity contribution < 1.29 is 13.9 Å². The quantitative estimate of drug-likeness (QED) is 0.183. The van der Waals surface area contributed by atoms with Gasteiger partial charge in [-0.2, -0.15) is 0 Å². The molecule has 4 aromatic carbocycles. The number of thiazole rings is 1. The van der Waals surface area contributed by atoms with Crippen molar-refractivity contribution in [2.75, 3.05) is 14.2 Å². The van der Waals surface area contributed by atoms with Gasteiger partial charge in [0.1, 0.15) is 5.75 Å². The highest BCUT2D eigenvalue weighted by Gasteiger charge is 1.99. The van der Waals surface area contributed by atoms with Crippen LogP contribution in [0.2, 0.25) is 5.02 Å². The molecule has 0 fully saturated rings. The lowest BCUT2D eigenvalue weighted by Gasteiger charge is -2.01. The van der Waals surface area contributed by atoms with Gasteiger partial charge < -0.3 is 14.0 Å². The number of rotatable bonds is 2. The van der Waals surface area contributed by atoms with Crippen LogP contribution in [0.1, 0.15) is 21.0 Å². The Balaban J connectivity index is 0.000000158. The fraction of sp³-hybridized carbons (Fsp3) is 0.184. The largest absolute Gasteiger partial charge is 0.495 e. The smallest absolute Gasteiger partial charge is 0.165 e. The van der Waals surface area contributed by atoms with Crippen molar-refractivity contribution in [3.05, 3.63) is 147 Å². The lowest BCUT2D eigenvalue weighted by atomic mass is 10.2. The van der Waals surface area contributed by atoms with Crippen molar-refractivity contribution in [1.29, 1.82) is 0 Å².